The summed E-state index contributed by atoms with van der Waals surface area (Å²) in [6.07, 6.45) is 4.57. The van der Waals surface area contributed by atoms with Crippen LogP contribution in [-0.2, 0) is 24.3 Å². The van der Waals surface area contributed by atoms with E-state index < -0.39 is 56.6 Å². The number of hydrogen-bond acceptors (Lipinski definition) is 6. The van der Waals surface area contributed by atoms with Gasteiger partial charge in [0.25, 0.3) is 0 Å². The highest BCUT2D eigenvalue weighted by atomic mass is 32.2. The number of aryl methyl sites for hydroxylation is 1. The molecule has 0 aromatic heterocycles. The second-order valence-corrected chi connectivity index (χ2v) is 15.3. The number of sulfonamides is 1. The summed E-state index contributed by atoms with van der Waals surface area (Å²) in [6.45, 7) is 7.21. The molecular weight excluding hydrogens is 565 g/mol. The van der Waals surface area contributed by atoms with E-state index >= 15 is 0 Å². The number of benzene rings is 2. The molecule has 4 rings (SSSR count). The van der Waals surface area contributed by atoms with Crippen LogP contribution < -0.4 is 0 Å². The smallest absolute Gasteiger partial charge is 0.309 e. The lowest BCUT2D eigenvalue weighted by Crippen LogP contribution is -2.41. The van der Waals surface area contributed by atoms with Gasteiger partial charge in [0.05, 0.1) is 23.3 Å². The Morgan fingerprint density at radius 2 is 1.76 bits per heavy atom. The van der Waals surface area contributed by atoms with Crippen molar-refractivity contribution in [2.24, 2.45) is 11.8 Å². The van der Waals surface area contributed by atoms with E-state index in [9.17, 15) is 27.5 Å². The lowest BCUT2D eigenvalue weighted by atomic mass is 9.91. The van der Waals surface area contributed by atoms with Gasteiger partial charge in [-0.25, -0.2) is 12.8 Å². The average molecular weight is 606 g/mol. The molecular formula is C31H40FNO6S2. The minimum absolute atomic E-state index is 0.0657. The quantitative estimate of drug-likeness (QED) is 0.315. The molecule has 2 aliphatic rings. The minimum Gasteiger partial charge on any atom is -0.481 e. The fourth-order valence-corrected chi connectivity index (χ4v) is 9.54. The van der Waals surface area contributed by atoms with Crippen LogP contribution in [0.1, 0.15) is 76.5 Å². The predicted molar refractivity (Wildman–Crippen MR) is 158 cm³/mol. The van der Waals surface area contributed by atoms with Crippen molar-refractivity contribution in [3.05, 3.63) is 65.5 Å². The van der Waals surface area contributed by atoms with Gasteiger partial charge in [-0.2, -0.15) is 16.1 Å². The van der Waals surface area contributed by atoms with Gasteiger partial charge >= 0.3 is 11.9 Å². The van der Waals surface area contributed by atoms with Gasteiger partial charge in [-0.1, -0.05) is 55.5 Å². The molecule has 7 nitrogen and oxygen atoms in total. The summed E-state index contributed by atoms with van der Waals surface area (Å²) in [5, 5.41) is 9.95. The van der Waals surface area contributed by atoms with Crippen molar-refractivity contribution in [3.8, 4) is 0 Å². The number of esters is 1. The third-order valence-electron chi connectivity index (χ3n) is 7.83. The standard InChI is InChI=1S/C31H40FNO6S2/c1-20-12-14-24(15-13-20)41(37,38)33-25(18-21-8-5-6-9-21)29(40-17-16-26(34)39-31(2,3)4)27(30(35)36)28(33)22-10-7-11-23(32)19-22/h7,10-15,19,21,25,27-29H,5-6,8-9,16-18H2,1-4H3,(H,35,36)/t25?,27-,28?,29+/m0/s1. The molecule has 1 N–H and O–H groups in total. The summed E-state index contributed by atoms with van der Waals surface area (Å²) < 4.78 is 50.1. The molecule has 4 atom stereocenters. The van der Waals surface area contributed by atoms with Crippen molar-refractivity contribution in [1.82, 2.24) is 4.31 Å². The second-order valence-electron chi connectivity index (χ2n) is 12.1. The molecule has 10 heteroatoms. The Morgan fingerprint density at radius 1 is 1.10 bits per heavy atom. The van der Waals surface area contributed by atoms with Crippen molar-refractivity contribution in [1.29, 1.82) is 0 Å². The molecule has 1 aliphatic carbocycles. The summed E-state index contributed by atoms with van der Waals surface area (Å²) >= 11 is 1.30. The number of carbonyl (C=O) groups is 2. The van der Waals surface area contributed by atoms with Crippen LogP contribution in [0.2, 0.25) is 0 Å². The molecule has 2 aromatic rings. The first-order chi connectivity index (χ1) is 19.3. The number of carbonyl (C=O) groups excluding carboxylic acids is 1. The number of carboxylic acids is 1. The van der Waals surface area contributed by atoms with Crippen LogP contribution in [0.25, 0.3) is 0 Å². The first-order valence-corrected chi connectivity index (χ1v) is 16.7. The first kappa shape index (κ1) is 31.5. The van der Waals surface area contributed by atoms with Gasteiger partial charge in [0.1, 0.15) is 11.4 Å². The molecule has 0 bridgehead atoms. The number of halogens is 1. The normalized spacial score (nSPS) is 24.0. The van der Waals surface area contributed by atoms with Crippen molar-refractivity contribution in [2.75, 3.05) is 5.75 Å². The van der Waals surface area contributed by atoms with E-state index in [1.165, 1.54) is 34.3 Å². The Balaban J connectivity index is 1.80. The lowest BCUT2D eigenvalue weighted by Gasteiger charge is -2.32. The van der Waals surface area contributed by atoms with E-state index in [-0.39, 0.29) is 23.0 Å². The maximum Gasteiger partial charge on any atom is 0.309 e. The molecule has 2 unspecified atom stereocenters. The number of nitrogens with zero attached hydrogens (tertiary/aromatic N) is 1. The van der Waals surface area contributed by atoms with Gasteiger partial charge in [0.15, 0.2) is 0 Å². The van der Waals surface area contributed by atoms with Gasteiger partial charge in [-0.05, 0) is 69.9 Å². The number of hydrogen-bond donors (Lipinski definition) is 1. The fraction of sp³-hybridized carbons (Fsp3) is 0.548. The molecule has 2 fully saturated rings. The van der Waals surface area contributed by atoms with E-state index in [0.717, 1.165) is 31.2 Å². The van der Waals surface area contributed by atoms with E-state index in [1.807, 2.05) is 6.92 Å². The van der Waals surface area contributed by atoms with Gasteiger partial charge in [-0.15, -0.1) is 0 Å². The summed E-state index contributed by atoms with van der Waals surface area (Å²) in [7, 11) is -4.18. The summed E-state index contributed by atoms with van der Waals surface area (Å²) in [5.41, 5.74) is 0.554. The van der Waals surface area contributed by atoms with Crippen LogP contribution in [0.4, 0.5) is 4.39 Å². The molecule has 1 saturated carbocycles. The Bertz CT molecular complexity index is 1340. The second kappa shape index (κ2) is 12.8. The van der Waals surface area contributed by atoms with Crippen LogP contribution in [0, 0.1) is 24.6 Å². The largest absolute Gasteiger partial charge is 0.481 e. The van der Waals surface area contributed by atoms with E-state index in [4.69, 9.17) is 4.74 Å². The molecule has 1 saturated heterocycles. The van der Waals surface area contributed by atoms with E-state index in [1.54, 1.807) is 51.1 Å². The van der Waals surface area contributed by atoms with Gasteiger partial charge in [0.2, 0.25) is 10.0 Å². The molecule has 0 radical (unpaired) electrons. The van der Waals surface area contributed by atoms with Gasteiger partial charge < -0.3 is 9.84 Å². The molecule has 1 aliphatic heterocycles. The molecule has 41 heavy (non-hydrogen) atoms. The van der Waals surface area contributed by atoms with Crippen molar-refractivity contribution in [2.45, 2.75) is 94.1 Å². The minimum atomic E-state index is -4.18. The molecule has 2 aromatic carbocycles. The lowest BCUT2D eigenvalue weighted by molar-refractivity contribution is -0.154. The van der Waals surface area contributed by atoms with Crippen molar-refractivity contribution < 1.29 is 32.2 Å². The topological polar surface area (TPSA) is 101 Å². The Kier molecular flexibility index (Phi) is 9.86. The Labute approximate surface area is 246 Å². The van der Waals surface area contributed by atoms with Crippen LogP contribution >= 0.6 is 11.8 Å². The first-order valence-electron chi connectivity index (χ1n) is 14.2. The van der Waals surface area contributed by atoms with Crippen LogP contribution in [0.3, 0.4) is 0 Å². The number of rotatable bonds is 10. The van der Waals surface area contributed by atoms with E-state index in [0.29, 0.717) is 12.0 Å². The molecule has 0 spiro atoms. The summed E-state index contributed by atoms with van der Waals surface area (Å²) in [5.74, 6) is -2.72. The van der Waals surface area contributed by atoms with Crippen LogP contribution in [-0.4, -0.2) is 52.4 Å². The third-order valence-corrected chi connectivity index (χ3v) is 11.2. The number of ether oxygens (including phenoxy) is 1. The summed E-state index contributed by atoms with van der Waals surface area (Å²) in [6, 6.07) is 10.3. The average Bonchev–Trinajstić information content (AvgIpc) is 3.50. The monoisotopic (exact) mass is 605 g/mol. The van der Waals surface area contributed by atoms with Crippen LogP contribution in [0.15, 0.2) is 53.4 Å². The number of carboxylic acid groups (broad SMARTS) is 1. The summed E-state index contributed by atoms with van der Waals surface area (Å²) in [4.78, 5) is 25.5. The predicted octanol–water partition coefficient (Wildman–Crippen LogP) is 6.36. The maximum atomic E-state index is 14.5. The third kappa shape index (κ3) is 7.51. The Morgan fingerprint density at radius 3 is 2.34 bits per heavy atom. The van der Waals surface area contributed by atoms with Crippen molar-refractivity contribution >= 4 is 33.7 Å². The highest BCUT2D eigenvalue weighted by molar-refractivity contribution is 8.00. The zero-order valence-electron chi connectivity index (χ0n) is 24.1. The number of thioether (sulfide) groups is 1. The molecule has 224 valence electrons. The Hall–Kier alpha value is -2.43. The maximum absolute atomic E-state index is 14.5. The van der Waals surface area contributed by atoms with Crippen molar-refractivity contribution in [3.63, 3.8) is 0 Å². The zero-order chi connectivity index (χ0) is 29.9. The van der Waals surface area contributed by atoms with Gasteiger partial charge in [-0.3, -0.25) is 9.59 Å². The molecule has 1 heterocycles. The SMILES string of the molecule is Cc1ccc(S(=O)(=O)N2C(CC3CCCC3)[C@@H](SCCC(=O)OC(C)(C)C)[C@@H](C(=O)O)C2c2cccc(F)c2)cc1. The zero-order valence-corrected chi connectivity index (χ0v) is 25.7. The highest BCUT2D eigenvalue weighted by Gasteiger charge is 2.57. The van der Waals surface area contributed by atoms with Gasteiger partial charge in [0, 0.05) is 17.0 Å². The number of aliphatic carboxylic acids is 1. The molecule has 0 amide bonds. The highest BCUT2D eigenvalue weighted by Crippen LogP contribution is 2.52. The fourth-order valence-electron chi connectivity index (χ4n) is 6.12. The van der Waals surface area contributed by atoms with E-state index in [2.05, 4.69) is 0 Å². The van der Waals surface area contributed by atoms with Crippen LogP contribution in [0.5, 0.6) is 0 Å².